The third-order valence-electron chi connectivity index (χ3n) is 3.60. The highest BCUT2D eigenvalue weighted by Gasteiger charge is 2.28. The lowest BCUT2D eigenvalue weighted by molar-refractivity contribution is 0.559. The van der Waals surface area contributed by atoms with Crippen LogP contribution in [0.25, 0.3) is 0 Å². The quantitative estimate of drug-likeness (QED) is 0.167. The van der Waals surface area contributed by atoms with E-state index >= 15 is 0 Å². The summed E-state index contributed by atoms with van der Waals surface area (Å²) < 4.78 is 36.3. The third kappa shape index (κ3) is 10.5. The molecule has 0 spiro atoms. The fraction of sp³-hybridized carbons (Fsp3) is 0.611. The summed E-state index contributed by atoms with van der Waals surface area (Å²) in [5, 5.41) is 6.19. The molecule has 27 heavy (non-hydrogen) atoms. The molecule has 5 nitrogen and oxygen atoms in total. The molecule has 0 radical (unpaired) electrons. The van der Waals surface area contributed by atoms with E-state index in [9.17, 15) is 12.8 Å². The average molecular weight is 532 g/mol. The average Bonchev–Trinajstić information content (AvgIpc) is 2.55. The second-order valence-corrected chi connectivity index (χ2v) is 10.8. The van der Waals surface area contributed by atoms with Gasteiger partial charge in [0.15, 0.2) is 15.8 Å². The molecule has 0 aromatic heterocycles. The van der Waals surface area contributed by atoms with Gasteiger partial charge in [0.05, 0.1) is 10.5 Å². The van der Waals surface area contributed by atoms with Gasteiger partial charge in [-0.2, -0.15) is 0 Å². The lowest BCUT2D eigenvalue weighted by Crippen LogP contribution is -2.41. The highest BCUT2D eigenvalue weighted by atomic mass is 127. The zero-order chi connectivity index (χ0) is 19.6. The topological polar surface area (TPSA) is 70.6 Å². The van der Waals surface area contributed by atoms with Crippen molar-refractivity contribution >= 4 is 51.5 Å². The summed E-state index contributed by atoms with van der Waals surface area (Å²) in [5.74, 6) is 1.35. The number of benzene rings is 1. The number of rotatable bonds is 9. The van der Waals surface area contributed by atoms with Crippen molar-refractivity contribution in [3.05, 3.63) is 30.1 Å². The zero-order valence-electron chi connectivity index (χ0n) is 16.4. The first-order valence-electron chi connectivity index (χ1n) is 8.78. The first kappa shape index (κ1) is 26.4. The Kier molecular flexibility index (Phi) is 12.6. The number of guanidine groups is 1. The molecule has 1 aromatic rings. The van der Waals surface area contributed by atoms with E-state index < -0.39 is 14.6 Å². The summed E-state index contributed by atoms with van der Waals surface area (Å²) in [6.45, 7) is 8.77. The number of hydrogen-bond donors (Lipinski definition) is 2. The third-order valence-corrected chi connectivity index (χ3v) is 7.30. The van der Waals surface area contributed by atoms with E-state index in [-0.39, 0.29) is 35.5 Å². The number of halogens is 2. The number of nitrogens with zero attached hydrogens (tertiary/aromatic N) is 1. The van der Waals surface area contributed by atoms with Gasteiger partial charge in [0.2, 0.25) is 0 Å². The Morgan fingerprint density at radius 1 is 1.19 bits per heavy atom. The summed E-state index contributed by atoms with van der Waals surface area (Å²) in [4.78, 5) is 5.50. The van der Waals surface area contributed by atoms with Crippen LogP contribution in [0, 0.1) is 5.82 Å². The van der Waals surface area contributed by atoms with Gasteiger partial charge in [0.25, 0.3) is 0 Å². The minimum absolute atomic E-state index is 0. The number of nitrogens with one attached hydrogen (secondary N) is 2. The number of hydrogen-bond acceptors (Lipinski definition) is 4. The van der Waals surface area contributed by atoms with Crippen LogP contribution in [-0.4, -0.2) is 50.3 Å². The molecule has 9 heteroatoms. The van der Waals surface area contributed by atoms with Gasteiger partial charge >= 0.3 is 0 Å². The molecule has 0 heterocycles. The standard InChI is InChI=1S/C18H30FN3O2S2.HI/c1-5-20-17(22-12-14-26(23,24)18(2,3)4)21-11-6-13-25-16-9-7-15(19)8-10-16;/h7-10H,5-6,11-14H2,1-4H3,(H2,20,21,22);1H. The van der Waals surface area contributed by atoms with Gasteiger partial charge in [-0.25, -0.2) is 12.8 Å². The van der Waals surface area contributed by atoms with Crippen molar-refractivity contribution in [1.29, 1.82) is 0 Å². The van der Waals surface area contributed by atoms with Crippen molar-refractivity contribution in [3.63, 3.8) is 0 Å². The lowest BCUT2D eigenvalue weighted by atomic mass is 10.3. The van der Waals surface area contributed by atoms with E-state index in [1.807, 2.05) is 6.92 Å². The van der Waals surface area contributed by atoms with E-state index in [0.717, 1.165) is 17.1 Å². The molecule has 0 aliphatic heterocycles. The summed E-state index contributed by atoms with van der Waals surface area (Å²) in [6.07, 6.45) is 0.874. The summed E-state index contributed by atoms with van der Waals surface area (Å²) in [6, 6.07) is 6.45. The van der Waals surface area contributed by atoms with Gasteiger partial charge in [0.1, 0.15) is 5.82 Å². The second-order valence-electron chi connectivity index (χ2n) is 6.77. The van der Waals surface area contributed by atoms with Crippen molar-refractivity contribution < 1.29 is 12.8 Å². The fourth-order valence-electron chi connectivity index (χ4n) is 1.93. The smallest absolute Gasteiger partial charge is 0.191 e. The molecule has 0 aliphatic rings. The van der Waals surface area contributed by atoms with Crippen LogP contribution in [0.1, 0.15) is 34.1 Å². The lowest BCUT2D eigenvalue weighted by Gasteiger charge is -2.19. The Morgan fingerprint density at radius 3 is 2.37 bits per heavy atom. The Bertz CT molecular complexity index is 675. The SMILES string of the molecule is CCNC(=NCCCSc1ccc(F)cc1)NCCS(=O)(=O)C(C)(C)C.I. The van der Waals surface area contributed by atoms with E-state index in [4.69, 9.17) is 0 Å². The summed E-state index contributed by atoms with van der Waals surface area (Å²) in [7, 11) is -3.15. The van der Waals surface area contributed by atoms with Gasteiger partial charge in [-0.05, 0) is 64.1 Å². The van der Waals surface area contributed by atoms with Crippen LogP contribution in [0.15, 0.2) is 34.2 Å². The predicted octanol–water partition coefficient (Wildman–Crippen LogP) is 3.69. The Morgan fingerprint density at radius 2 is 1.81 bits per heavy atom. The molecule has 0 saturated heterocycles. The van der Waals surface area contributed by atoms with Crippen LogP contribution >= 0.6 is 35.7 Å². The zero-order valence-corrected chi connectivity index (χ0v) is 20.4. The van der Waals surface area contributed by atoms with E-state index in [1.54, 1.807) is 44.7 Å². The van der Waals surface area contributed by atoms with E-state index in [1.165, 1.54) is 12.1 Å². The normalized spacial score (nSPS) is 12.4. The maximum atomic E-state index is 12.9. The van der Waals surface area contributed by atoms with Gasteiger partial charge in [-0.1, -0.05) is 0 Å². The number of aliphatic imine (C=N–C) groups is 1. The Labute approximate surface area is 184 Å². The molecule has 0 unspecified atom stereocenters. The Balaban J connectivity index is 0.00000676. The molecule has 0 saturated carbocycles. The van der Waals surface area contributed by atoms with Gasteiger partial charge < -0.3 is 10.6 Å². The largest absolute Gasteiger partial charge is 0.357 e. The molecule has 0 fully saturated rings. The molecule has 1 rings (SSSR count). The van der Waals surface area contributed by atoms with Crippen molar-refractivity contribution in [2.75, 3.05) is 31.1 Å². The van der Waals surface area contributed by atoms with Gasteiger partial charge in [-0.3, -0.25) is 4.99 Å². The van der Waals surface area contributed by atoms with Crippen LogP contribution in [0.4, 0.5) is 4.39 Å². The van der Waals surface area contributed by atoms with Crippen LogP contribution in [0.3, 0.4) is 0 Å². The van der Waals surface area contributed by atoms with Crippen LogP contribution < -0.4 is 10.6 Å². The monoisotopic (exact) mass is 531 g/mol. The van der Waals surface area contributed by atoms with Crippen molar-refractivity contribution in [2.45, 2.75) is 43.8 Å². The Hall–Kier alpha value is -0.550. The summed E-state index contributed by atoms with van der Waals surface area (Å²) in [5.41, 5.74) is 0. The van der Waals surface area contributed by atoms with Crippen molar-refractivity contribution in [1.82, 2.24) is 10.6 Å². The highest BCUT2D eigenvalue weighted by molar-refractivity contribution is 14.0. The second kappa shape index (κ2) is 12.8. The minimum Gasteiger partial charge on any atom is -0.357 e. The fourth-order valence-corrected chi connectivity index (χ4v) is 3.75. The van der Waals surface area contributed by atoms with E-state index in [2.05, 4.69) is 15.6 Å². The molecular formula is C18H31FIN3O2S2. The summed E-state index contributed by atoms with van der Waals surface area (Å²) >= 11 is 1.66. The number of sulfone groups is 1. The first-order valence-corrected chi connectivity index (χ1v) is 11.4. The predicted molar refractivity (Wildman–Crippen MR) is 125 cm³/mol. The van der Waals surface area contributed by atoms with Crippen LogP contribution in [-0.2, 0) is 9.84 Å². The molecular weight excluding hydrogens is 500 g/mol. The molecule has 2 N–H and O–H groups in total. The highest BCUT2D eigenvalue weighted by Crippen LogP contribution is 2.18. The van der Waals surface area contributed by atoms with Crippen LogP contribution in [0.5, 0.6) is 0 Å². The van der Waals surface area contributed by atoms with Crippen LogP contribution in [0.2, 0.25) is 0 Å². The first-order chi connectivity index (χ1) is 12.2. The van der Waals surface area contributed by atoms with Crippen molar-refractivity contribution in [3.8, 4) is 0 Å². The molecule has 0 atom stereocenters. The minimum atomic E-state index is -3.15. The molecule has 156 valence electrons. The van der Waals surface area contributed by atoms with Crippen molar-refractivity contribution in [2.24, 2.45) is 4.99 Å². The van der Waals surface area contributed by atoms with Gasteiger partial charge in [0, 0.05) is 24.5 Å². The maximum absolute atomic E-state index is 12.9. The van der Waals surface area contributed by atoms with E-state index in [0.29, 0.717) is 25.6 Å². The number of thioether (sulfide) groups is 1. The molecule has 0 amide bonds. The maximum Gasteiger partial charge on any atom is 0.191 e. The molecule has 0 bridgehead atoms. The van der Waals surface area contributed by atoms with Gasteiger partial charge in [-0.15, -0.1) is 35.7 Å². The molecule has 1 aromatic carbocycles. The molecule has 0 aliphatic carbocycles.